The molecule has 1 aromatic rings. The number of carbonyl (C=O) groups excluding carboxylic acids is 1. The molecule has 1 aromatic heterocycles. The standard InChI is InChI=1S/C13H22N4O/c1-5-10(3)9-17(6-2)13(18)11-7-16-12(14-4)8-15-11/h7-8,10H,5-6,9H2,1-4H3,(H,14,16). The number of hydrogen-bond donors (Lipinski definition) is 1. The van der Waals surface area contributed by atoms with Gasteiger partial charge < -0.3 is 10.2 Å². The van der Waals surface area contributed by atoms with E-state index in [1.54, 1.807) is 13.2 Å². The van der Waals surface area contributed by atoms with Crippen molar-refractivity contribution in [2.24, 2.45) is 5.92 Å². The summed E-state index contributed by atoms with van der Waals surface area (Å²) in [7, 11) is 1.77. The third-order valence-electron chi connectivity index (χ3n) is 3.03. The zero-order valence-electron chi connectivity index (χ0n) is 11.6. The fourth-order valence-corrected chi connectivity index (χ4v) is 1.59. The van der Waals surface area contributed by atoms with Gasteiger partial charge in [-0.1, -0.05) is 20.3 Å². The van der Waals surface area contributed by atoms with Crippen LogP contribution in [0.25, 0.3) is 0 Å². The van der Waals surface area contributed by atoms with Gasteiger partial charge in [-0.3, -0.25) is 4.79 Å². The van der Waals surface area contributed by atoms with Crippen molar-refractivity contribution in [2.75, 3.05) is 25.5 Å². The van der Waals surface area contributed by atoms with Crippen LogP contribution in [0.3, 0.4) is 0 Å². The largest absolute Gasteiger partial charge is 0.372 e. The number of rotatable bonds is 6. The van der Waals surface area contributed by atoms with Crippen LogP contribution < -0.4 is 5.32 Å². The maximum Gasteiger partial charge on any atom is 0.274 e. The summed E-state index contributed by atoms with van der Waals surface area (Å²) >= 11 is 0. The van der Waals surface area contributed by atoms with Crippen LogP contribution in [0.15, 0.2) is 12.4 Å². The van der Waals surface area contributed by atoms with E-state index >= 15 is 0 Å². The number of amides is 1. The molecule has 18 heavy (non-hydrogen) atoms. The van der Waals surface area contributed by atoms with Crippen molar-refractivity contribution in [2.45, 2.75) is 27.2 Å². The van der Waals surface area contributed by atoms with E-state index in [2.05, 4.69) is 29.1 Å². The molecule has 0 aromatic carbocycles. The molecule has 0 spiro atoms. The molecule has 1 unspecified atom stereocenters. The minimum absolute atomic E-state index is 0.0482. The maximum absolute atomic E-state index is 12.2. The van der Waals surface area contributed by atoms with Crippen LogP contribution in [0.1, 0.15) is 37.7 Å². The van der Waals surface area contributed by atoms with Crippen molar-refractivity contribution in [1.82, 2.24) is 14.9 Å². The molecular weight excluding hydrogens is 228 g/mol. The summed E-state index contributed by atoms with van der Waals surface area (Å²) in [6.45, 7) is 7.71. The number of carbonyl (C=O) groups is 1. The summed E-state index contributed by atoms with van der Waals surface area (Å²) in [6, 6.07) is 0. The molecule has 1 rings (SSSR count). The van der Waals surface area contributed by atoms with Crippen LogP contribution in [0, 0.1) is 5.92 Å². The molecular formula is C13H22N4O. The molecule has 5 nitrogen and oxygen atoms in total. The van der Waals surface area contributed by atoms with Crippen LogP contribution in [0.2, 0.25) is 0 Å². The SMILES string of the molecule is CCC(C)CN(CC)C(=O)c1cnc(NC)cn1. The highest BCUT2D eigenvalue weighted by Crippen LogP contribution is 2.08. The van der Waals surface area contributed by atoms with Crippen molar-refractivity contribution >= 4 is 11.7 Å². The van der Waals surface area contributed by atoms with Crippen molar-refractivity contribution < 1.29 is 4.79 Å². The normalized spacial score (nSPS) is 12.0. The van der Waals surface area contributed by atoms with E-state index in [1.807, 2.05) is 11.8 Å². The van der Waals surface area contributed by atoms with Gasteiger partial charge in [0, 0.05) is 20.1 Å². The van der Waals surface area contributed by atoms with E-state index in [4.69, 9.17) is 0 Å². The predicted octanol–water partition coefficient (Wildman–Crippen LogP) is 2.03. The Balaban J connectivity index is 2.76. The molecule has 100 valence electrons. The van der Waals surface area contributed by atoms with E-state index in [0.29, 0.717) is 24.0 Å². The second-order valence-corrected chi connectivity index (χ2v) is 4.39. The summed E-state index contributed by atoms with van der Waals surface area (Å²) in [6.07, 6.45) is 4.16. The van der Waals surface area contributed by atoms with Gasteiger partial charge in [-0.15, -0.1) is 0 Å². The van der Waals surface area contributed by atoms with Crippen molar-refractivity contribution in [3.8, 4) is 0 Å². The topological polar surface area (TPSA) is 58.1 Å². The highest BCUT2D eigenvalue weighted by Gasteiger charge is 2.17. The van der Waals surface area contributed by atoms with Crippen molar-refractivity contribution in [1.29, 1.82) is 0 Å². The van der Waals surface area contributed by atoms with Crippen molar-refractivity contribution in [3.63, 3.8) is 0 Å². The van der Waals surface area contributed by atoms with E-state index in [0.717, 1.165) is 13.0 Å². The van der Waals surface area contributed by atoms with Gasteiger partial charge in [-0.25, -0.2) is 9.97 Å². The van der Waals surface area contributed by atoms with Gasteiger partial charge in [-0.2, -0.15) is 0 Å². The Hall–Kier alpha value is -1.65. The number of nitrogens with one attached hydrogen (secondary N) is 1. The number of nitrogens with zero attached hydrogens (tertiary/aromatic N) is 3. The molecule has 0 saturated carbocycles. The average molecular weight is 250 g/mol. The molecule has 0 saturated heterocycles. The lowest BCUT2D eigenvalue weighted by Crippen LogP contribution is -2.35. The van der Waals surface area contributed by atoms with Gasteiger partial charge in [0.1, 0.15) is 11.5 Å². The van der Waals surface area contributed by atoms with E-state index in [-0.39, 0.29) is 5.91 Å². The van der Waals surface area contributed by atoms with E-state index in [1.165, 1.54) is 6.20 Å². The van der Waals surface area contributed by atoms with Gasteiger partial charge in [0.05, 0.1) is 12.4 Å². The van der Waals surface area contributed by atoms with Crippen LogP contribution in [0.5, 0.6) is 0 Å². The summed E-state index contributed by atoms with van der Waals surface area (Å²) in [5.41, 5.74) is 0.402. The molecule has 0 bridgehead atoms. The third-order valence-corrected chi connectivity index (χ3v) is 3.03. The molecule has 5 heteroatoms. The van der Waals surface area contributed by atoms with E-state index in [9.17, 15) is 4.79 Å². The molecule has 1 N–H and O–H groups in total. The van der Waals surface area contributed by atoms with Gasteiger partial charge in [-0.05, 0) is 12.8 Å². The highest BCUT2D eigenvalue weighted by atomic mass is 16.2. The van der Waals surface area contributed by atoms with Crippen molar-refractivity contribution in [3.05, 3.63) is 18.1 Å². The Morgan fingerprint density at radius 2 is 2.11 bits per heavy atom. The fourth-order valence-electron chi connectivity index (χ4n) is 1.59. The molecule has 0 aliphatic rings. The number of anilines is 1. The average Bonchev–Trinajstić information content (AvgIpc) is 2.43. The number of aromatic nitrogens is 2. The second kappa shape index (κ2) is 6.93. The fraction of sp³-hybridized carbons (Fsp3) is 0.615. The lowest BCUT2D eigenvalue weighted by molar-refractivity contribution is 0.0734. The minimum Gasteiger partial charge on any atom is -0.372 e. The van der Waals surface area contributed by atoms with Gasteiger partial charge >= 0.3 is 0 Å². The zero-order chi connectivity index (χ0) is 13.5. The lowest BCUT2D eigenvalue weighted by atomic mass is 10.1. The summed E-state index contributed by atoms with van der Waals surface area (Å²) in [4.78, 5) is 22.3. The Morgan fingerprint density at radius 3 is 2.56 bits per heavy atom. The predicted molar refractivity (Wildman–Crippen MR) is 72.6 cm³/mol. The Labute approximate surface area is 109 Å². The second-order valence-electron chi connectivity index (χ2n) is 4.39. The summed E-state index contributed by atoms with van der Waals surface area (Å²) in [5, 5.41) is 2.88. The lowest BCUT2D eigenvalue weighted by Gasteiger charge is -2.23. The van der Waals surface area contributed by atoms with Crippen LogP contribution in [-0.4, -0.2) is 40.9 Å². The molecule has 0 radical (unpaired) electrons. The molecule has 0 fully saturated rings. The van der Waals surface area contributed by atoms with Crippen LogP contribution >= 0.6 is 0 Å². The molecule has 1 heterocycles. The third kappa shape index (κ3) is 3.68. The first-order valence-corrected chi connectivity index (χ1v) is 6.41. The monoisotopic (exact) mass is 250 g/mol. The minimum atomic E-state index is -0.0482. The molecule has 0 aliphatic carbocycles. The molecule has 0 aliphatic heterocycles. The van der Waals surface area contributed by atoms with Gasteiger partial charge in [0.25, 0.3) is 5.91 Å². The Kier molecular flexibility index (Phi) is 5.55. The maximum atomic E-state index is 12.2. The number of hydrogen-bond acceptors (Lipinski definition) is 4. The van der Waals surface area contributed by atoms with Crippen LogP contribution in [0.4, 0.5) is 5.82 Å². The highest BCUT2D eigenvalue weighted by molar-refractivity contribution is 5.92. The molecule has 1 amide bonds. The van der Waals surface area contributed by atoms with Gasteiger partial charge in [0.15, 0.2) is 0 Å². The molecule has 1 atom stereocenters. The quantitative estimate of drug-likeness (QED) is 0.839. The summed E-state index contributed by atoms with van der Waals surface area (Å²) < 4.78 is 0. The Bertz CT molecular complexity index is 377. The zero-order valence-corrected chi connectivity index (χ0v) is 11.6. The summed E-state index contributed by atoms with van der Waals surface area (Å²) in [5.74, 6) is 1.11. The first kappa shape index (κ1) is 14.4. The van der Waals surface area contributed by atoms with Gasteiger partial charge in [0.2, 0.25) is 0 Å². The first-order valence-electron chi connectivity index (χ1n) is 6.41. The van der Waals surface area contributed by atoms with E-state index < -0.39 is 0 Å². The Morgan fingerprint density at radius 1 is 1.39 bits per heavy atom. The smallest absolute Gasteiger partial charge is 0.274 e. The first-order chi connectivity index (χ1) is 8.62. The van der Waals surface area contributed by atoms with Crippen LogP contribution in [-0.2, 0) is 0 Å².